The fourth-order valence-corrected chi connectivity index (χ4v) is 5.06. The molecule has 0 spiro atoms. The highest BCUT2D eigenvalue weighted by molar-refractivity contribution is 7.58. The monoisotopic (exact) mass is 408 g/mol. The molecule has 2 radical (unpaired) electrons. The molecule has 1 aromatic carbocycles. The largest absolute Gasteiger partial charge is 0.458 e. The van der Waals surface area contributed by atoms with Gasteiger partial charge in [0.2, 0.25) is 0 Å². The van der Waals surface area contributed by atoms with Gasteiger partial charge < -0.3 is 18.7 Å². The van der Waals surface area contributed by atoms with Crippen molar-refractivity contribution in [2.24, 2.45) is 0 Å². The lowest BCUT2D eigenvalue weighted by Gasteiger charge is -2.35. The number of carbonyl (C=O) groups is 1. The number of esters is 1. The summed E-state index contributed by atoms with van der Waals surface area (Å²) in [5, 5.41) is 0. The van der Waals surface area contributed by atoms with Crippen LogP contribution in [-0.4, -0.2) is 57.1 Å². The summed E-state index contributed by atoms with van der Waals surface area (Å²) >= 11 is 0. The summed E-state index contributed by atoms with van der Waals surface area (Å²) in [6.07, 6.45) is 0.0359. The van der Waals surface area contributed by atoms with E-state index in [1.165, 1.54) is 6.92 Å². The molecule has 0 N–H and O–H groups in total. The first kappa shape index (κ1) is 23.1. The number of carbonyl (C=O) groups excluding carboxylic acids is 1. The fourth-order valence-electron chi connectivity index (χ4n) is 3.60. The first-order chi connectivity index (χ1) is 13.2. The van der Waals surface area contributed by atoms with Crippen molar-refractivity contribution < 1.29 is 28.1 Å². The van der Waals surface area contributed by atoms with E-state index in [0.717, 1.165) is 5.56 Å². The molecule has 5 atom stereocenters. The molecule has 0 saturated carbocycles. The Labute approximate surface area is 169 Å². The average Bonchev–Trinajstić information content (AvgIpc) is 2.90. The molecule has 2 unspecified atom stereocenters. The van der Waals surface area contributed by atoms with E-state index < -0.39 is 37.2 Å². The second-order valence-corrected chi connectivity index (χ2v) is 9.93. The standard InChI is InChI=1S/C20H30BO6P/c1-5-20(12-13-28(4,23)25-6-2)18(17(19(21)27-20)26-15(3)22)24-14-16-10-8-7-9-11-16/h7-11,17-19H,5-6,12-14H2,1-4H3/t17-,18?,19+,20-,28?/m0/s1. The van der Waals surface area contributed by atoms with Crippen molar-refractivity contribution >= 4 is 21.2 Å². The van der Waals surface area contributed by atoms with Crippen LogP contribution in [0.15, 0.2) is 30.3 Å². The van der Waals surface area contributed by atoms with Crippen LogP contribution in [0.5, 0.6) is 0 Å². The van der Waals surface area contributed by atoms with Gasteiger partial charge in [-0.15, -0.1) is 0 Å². The van der Waals surface area contributed by atoms with Crippen LogP contribution in [0.25, 0.3) is 0 Å². The van der Waals surface area contributed by atoms with Crippen molar-refractivity contribution in [2.45, 2.75) is 64.0 Å². The highest BCUT2D eigenvalue weighted by Gasteiger charge is 2.54. The second-order valence-electron chi connectivity index (χ2n) is 7.20. The number of hydrogen-bond acceptors (Lipinski definition) is 6. The van der Waals surface area contributed by atoms with Crippen LogP contribution in [0, 0.1) is 0 Å². The summed E-state index contributed by atoms with van der Waals surface area (Å²) in [4.78, 5) is 11.6. The average molecular weight is 408 g/mol. The van der Waals surface area contributed by atoms with Gasteiger partial charge in [-0.1, -0.05) is 37.3 Å². The number of benzene rings is 1. The van der Waals surface area contributed by atoms with Gasteiger partial charge >= 0.3 is 5.97 Å². The van der Waals surface area contributed by atoms with Crippen molar-refractivity contribution in [3.8, 4) is 0 Å². The Hall–Kier alpha value is -1.14. The first-order valence-electron chi connectivity index (χ1n) is 9.70. The molecule has 28 heavy (non-hydrogen) atoms. The minimum absolute atomic E-state index is 0.330. The van der Waals surface area contributed by atoms with E-state index in [1.807, 2.05) is 44.2 Å². The van der Waals surface area contributed by atoms with Crippen molar-refractivity contribution in [2.75, 3.05) is 19.4 Å². The SMILES string of the molecule is [B][C@@H]1O[C@@](CC)(CCP(C)(=O)OCC)C(OCc2ccccc2)[C@@H]1OC(C)=O. The zero-order valence-corrected chi connectivity index (χ0v) is 18.0. The van der Waals surface area contributed by atoms with Gasteiger partial charge in [-0.05, 0) is 25.3 Å². The summed E-state index contributed by atoms with van der Waals surface area (Å²) < 4.78 is 35.7. The quantitative estimate of drug-likeness (QED) is 0.335. The molecule has 0 bridgehead atoms. The Morgan fingerprint density at radius 3 is 2.54 bits per heavy atom. The molecule has 1 aliphatic heterocycles. The maximum absolute atomic E-state index is 12.6. The molecule has 0 aromatic heterocycles. The third-order valence-electron chi connectivity index (χ3n) is 5.03. The molecule has 1 heterocycles. The zero-order chi connectivity index (χ0) is 20.8. The van der Waals surface area contributed by atoms with E-state index in [1.54, 1.807) is 6.66 Å². The molecule has 1 saturated heterocycles. The number of rotatable bonds is 10. The van der Waals surface area contributed by atoms with E-state index >= 15 is 0 Å². The van der Waals surface area contributed by atoms with Gasteiger partial charge in [0.05, 0.1) is 24.8 Å². The van der Waals surface area contributed by atoms with Crippen molar-refractivity contribution in [1.82, 2.24) is 0 Å². The third kappa shape index (κ3) is 5.93. The molecule has 1 aliphatic rings. The Bertz CT molecular complexity index is 685. The van der Waals surface area contributed by atoms with Crippen molar-refractivity contribution in [3.63, 3.8) is 0 Å². The normalized spacial score (nSPS) is 29.4. The molecule has 0 aliphatic carbocycles. The molecule has 0 amide bonds. The summed E-state index contributed by atoms with van der Waals surface area (Å²) in [7, 11) is 3.40. The van der Waals surface area contributed by atoms with Gasteiger partial charge in [-0.3, -0.25) is 9.36 Å². The summed E-state index contributed by atoms with van der Waals surface area (Å²) in [5.41, 5.74) is 0.182. The minimum atomic E-state index is -2.76. The van der Waals surface area contributed by atoms with Gasteiger partial charge in [-0.2, -0.15) is 0 Å². The lowest BCUT2D eigenvalue weighted by molar-refractivity contribution is -0.156. The van der Waals surface area contributed by atoms with Crippen molar-refractivity contribution in [1.29, 1.82) is 0 Å². The number of ether oxygens (including phenoxy) is 3. The van der Waals surface area contributed by atoms with E-state index in [-0.39, 0.29) is 0 Å². The molecule has 6 nitrogen and oxygen atoms in total. The second kappa shape index (κ2) is 10.1. The Balaban J connectivity index is 2.23. The minimum Gasteiger partial charge on any atom is -0.458 e. The molecule has 1 aromatic rings. The van der Waals surface area contributed by atoms with Crippen LogP contribution in [0.3, 0.4) is 0 Å². The molecule has 1 fully saturated rings. The third-order valence-corrected chi connectivity index (χ3v) is 6.87. The number of hydrogen-bond donors (Lipinski definition) is 0. The maximum Gasteiger partial charge on any atom is 0.303 e. The zero-order valence-electron chi connectivity index (χ0n) is 17.1. The molecular formula is C20H30BO6P. The highest BCUT2D eigenvalue weighted by Crippen LogP contribution is 2.48. The van der Waals surface area contributed by atoms with Gasteiger partial charge in [-0.25, -0.2) is 0 Å². The van der Waals surface area contributed by atoms with E-state index in [4.69, 9.17) is 26.6 Å². The topological polar surface area (TPSA) is 71.1 Å². The van der Waals surface area contributed by atoms with Gasteiger partial charge in [0.15, 0.2) is 7.37 Å². The smallest absolute Gasteiger partial charge is 0.303 e. The summed E-state index contributed by atoms with van der Waals surface area (Å²) in [6.45, 7) is 7.45. The van der Waals surface area contributed by atoms with Gasteiger partial charge in [0, 0.05) is 19.8 Å². The molecule has 2 rings (SSSR count). The van der Waals surface area contributed by atoms with Crippen LogP contribution in [0.4, 0.5) is 0 Å². The van der Waals surface area contributed by atoms with Gasteiger partial charge in [0.25, 0.3) is 0 Å². The first-order valence-corrected chi connectivity index (χ1v) is 12.0. The molecule has 154 valence electrons. The predicted octanol–water partition coefficient (Wildman–Crippen LogP) is 3.51. The van der Waals surface area contributed by atoms with Crippen LogP contribution >= 0.6 is 7.37 Å². The lowest BCUT2D eigenvalue weighted by atomic mass is 9.86. The summed E-state index contributed by atoms with van der Waals surface area (Å²) in [5.74, 6) is -0.445. The highest BCUT2D eigenvalue weighted by atomic mass is 31.2. The molecular weight excluding hydrogens is 378 g/mol. The van der Waals surface area contributed by atoms with Crippen LogP contribution in [0.1, 0.15) is 39.2 Å². The predicted molar refractivity (Wildman–Crippen MR) is 109 cm³/mol. The van der Waals surface area contributed by atoms with E-state index in [0.29, 0.717) is 32.2 Å². The Morgan fingerprint density at radius 1 is 1.29 bits per heavy atom. The van der Waals surface area contributed by atoms with Crippen LogP contribution in [0.2, 0.25) is 0 Å². The summed E-state index contributed by atoms with van der Waals surface area (Å²) in [6, 6.07) is 8.90. The van der Waals surface area contributed by atoms with Crippen LogP contribution < -0.4 is 0 Å². The lowest BCUT2D eigenvalue weighted by Crippen LogP contribution is -2.46. The van der Waals surface area contributed by atoms with Gasteiger partial charge in [0.1, 0.15) is 20.1 Å². The van der Waals surface area contributed by atoms with Crippen LogP contribution in [-0.2, 0) is 34.7 Å². The maximum atomic E-state index is 12.6. The fraction of sp³-hybridized carbons (Fsp3) is 0.650. The Kier molecular flexibility index (Phi) is 8.32. The van der Waals surface area contributed by atoms with E-state index in [9.17, 15) is 9.36 Å². The molecule has 8 heteroatoms. The van der Waals surface area contributed by atoms with E-state index in [2.05, 4.69) is 0 Å². The Morgan fingerprint density at radius 2 is 1.96 bits per heavy atom. The van der Waals surface area contributed by atoms with Crippen molar-refractivity contribution in [3.05, 3.63) is 35.9 Å².